The van der Waals surface area contributed by atoms with E-state index in [9.17, 15) is 14.9 Å². The molecule has 0 fully saturated rings. The molecule has 0 heterocycles. The highest BCUT2D eigenvalue weighted by molar-refractivity contribution is 5.68. The molecule has 0 saturated heterocycles. The van der Waals surface area contributed by atoms with Crippen LogP contribution < -0.4 is 5.32 Å². The Kier molecular flexibility index (Phi) is 5.07. The minimum Gasteiger partial charge on any atom is -0.481 e. The fourth-order valence-electron chi connectivity index (χ4n) is 2.04. The molecule has 1 atom stereocenters. The molecule has 2 N–H and O–H groups in total. The number of anilines is 1. The summed E-state index contributed by atoms with van der Waals surface area (Å²) in [7, 11) is 0. The molecule has 0 spiro atoms. The van der Waals surface area contributed by atoms with E-state index in [1.165, 1.54) is 12.1 Å². The third-order valence-electron chi connectivity index (χ3n) is 2.73. The number of hydrogen-bond acceptors (Lipinski definition) is 4. The highest BCUT2D eigenvalue weighted by Crippen LogP contribution is 2.25. The van der Waals surface area contributed by atoms with Gasteiger partial charge in [-0.3, -0.25) is 14.9 Å². The fourth-order valence-corrected chi connectivity index (χ4v) is 2.04. The Balaban J connectivity index is 2.78. The van der Waals surface area contributed by atoms with Crippen molar-refractivity contribution in [1.29, 1.82) is 0 Å². The van der Waals surface area contributed by atoms with Crippen LogP contribution in [0.2, 0.25) is 0 Å². The molecule has 0 aliphatic rings. The molecular formula is C14H20N2O4. The molecule has 0 amide bonds. The van der Waals surface area contributed by atoms with E-state index < -0.39 is 10.9 Å². The van der Waals surface area contributed by atoms with Crippen molar-refractivity contribution in [2.24, 2.45) is 5.41 Å². The molecule has 1 aromatic carbocycles. The van der Waals surface area contributed by atoms with Gasteiger partial charge in [0.05, 0.1) is 11.3 Å². The molecule has 6 heteroatoms. The molecule has 0 bridgehead atoms. The molecule has 1 aromatic rings. The van der Waals surface area contributed by atoms with Gasteiger partial charge in [0.2, 0.25) is 0 Å². The van der Waals surface area contributed by atoms with Crippen LogP contribution in [0.15, 0.2) is 24.3 Å². The average Bonchev–Trinajstić information content (AvgIpc) is 2.26. The Morgan fingerprint density at radius 2 is 1.90 bits per heavy atom. The van der Waals surface area contributed by atoms with Gasteiger partial charge in [-0.2, -0.15) is 0 Å². The number of benzene rings is 1. The number of nitrogens with one attached hydrogen (secondary N) is 1. The Labute approximate surface area is 118 Å². The second-order valence-corrected chi connectivity index (χ2v) is 6.01. The van der Waals surface area contributed by atoms with Crippen molar-refractivity contribution in [2.45, 2.75) is 39.7 Å². The SMILES string of the molecule is CC(C)(C)CC(CC(=O)O)Nc1ccc([N+](=O)[O-])cc1. The fraction of sp³-hybridized carbons (Fsp3) is 0.500. The number of carbonyl (C=O) groups is 1. The van der Waals surface area contributed by atoms with E-state index in [1.54, 1.807) is 12.1 Å². The van der Waals surface area contributed by atoms with Gasteiger partial charge in [0.1, 0.15) is 0 Å². The first-order chi connectivity index (χ1) is 9.17. The normalized spacial score (nSPS) is 12.8. The summed E-state index contributed by atoms with van der Waals surface area (Å²) in [5.74, 6) is -0.867. The maximum atomic E-state index is 10.9. The number of carboxylic acid groups (broad SMARTS) is 1. The quantitative estimate of drug-likeness (QED) is 0.616. The van der Waals surface area contributed by atoms with Crippen LogP contribution in [0.25, 0.3) is 0 Å². The van der Waals surface area contributed by atoms with E-state index in [2.05, 4.69) is 5.32 Å². The predicted molar refractivity (Wildman–Crippen MR) is 76.8 cm³/mol. The Morgan fingerprint density at radius 1 is 1.35 bits per heavy atom. The lowest BCUT2D eigenvalue weighted by Crippen LogP contribution is -2.28. The first kappa shape index (κ1) is 15.9. The Morgan fingerprint density at radius 3 is 2.30 bits per heavy atom. The number of carboxylic acids is 1. The van der Waals surface area contributed by atoms with E-state index in [4.69, 9.17) is 5.11 Å². The molecule has 110 valence electrons. The van der Waals surface area contributed by atoms with Crippen LogP contribution >= 0.6 is 0 Å². The Bertz CT molecular complexity index is 477. The zero-order valence-corrected chi connectivity index (χ0v) is 11.9. The lowest BCUT2D eigenvalue weighted by molar-refractivity contribution is -0.384. The van der Waals surface area contributed by atoms with Gasteiger partial charge >= 0.3 is 5.97 Å². The molecule has 6 nitrogen and oxygen atoms in total. The third-order valence-corrected chi connectivity index (χ3v) is 2.73. The van der Waals surface area contributed by atoms with E-state index in [0.717, 1.165) is 0 Å². The van der Waals surface area contributed by atoms with Gasteiger partial charge in [-0.1, -0.05) is 20.8 Å². The highest BCUT2D eigenvalue weighted by Gasteiger charge is 2.21. The van der Waals surface area contributed by atoms with Gasteiger partial charge in [0.15, 0.2) is 0 Å². The molecule has 20 heavy (non-hydrogen) atoms. The predicted octanol–water partition coefficient (Wildman–Crippen LogP) is 3.29. The van der Waals surface area contributed by atoms with Crippen LogP contribution in [0.4, 0.5) is 11.4 Å². The van der Waals surface area contributed by atoms with Gasteiger partial charge in [-0.05, 0) is 24.0 Å². The van der Waals surface area contributed by atoms with Gasteiger partial charge in [-0.25, -0.2) is 0 Å². The van der Waals surface area contributed by atoms with Gasteiger partial charge in [0.25, 0.3) is 5.69 Å². The standard InChI is InChI=1S/C14H20N2O4/c1-14(2,3)9-11(8-13(17)18)15-10-4-6-12(7-5-10)16(19)20/h4-7,11,15H,8-9H2,1-3H3,(H,17,18). The van der Waals surface area contributed by atoms with Gasteiger partial charge in [-0.15, -0.1) is 0 Å². The largest absolute Gasteiger partial charge is 0.481 e. The van der Waals surface area contributed by atoms with Crippen LogP contribution in [0.1, 0.15) is 33.6 Å². The van der Waals surface area contributed by atoms with Crippen molar-refractivity contribution in [2.75, 3.05) is 5.32 Å². The second-order valence-electron chi connectivity index (χ2n) is 6.01. The summed E-state index contributed by atoms with van der Waals surface area (Å²) in [6.07, 6.45) is 0.699. The summed E-state index contributed by atoms with van der Waals surface area (Å²) in [4.78, 5) is 21.0. The lowest BCUT2D eigenvalue weighted by Gasteiger charge is -2.26. The first-order valence-corrected chi connectivity index (χ1v) is 6.40. The first-order valence-electron chi connectivity index (χ1n) is 6.40. The van der Waals surface area contributed by atoms with Crippen LogP contribution in [0.3, 0.4) is 0 Å². The van der Waals surface area contributed by atoms with E-state index >= 15 is 0 Å². The second kappa shape index (κ2) is 6.36. The zero-order chi connectivity index (χ0) is 15.3. The molecule has 1 rings (SSSR count). The summed E-state index contributed by atoms with van der Waals surface area (Å²) < 4.78 is 0. The van der Waals surface area contributed by atoms with Crippen molar-refractivity contribution >= 4 is 17.3 Å². The smallest absolute Gasteiger partial charge is 0.305 e. The van der Waals surface area contributed by atoms with Crippen molar-refractivity contribution in [1.82, 2.24) is 0 Å². The zero-order valence-electron chi connectivity index (χ0n) is 11.9. The van der Waals surface area contributed by atoms with Crippen LogP contribution in [-0.2, 0) is 4.79 Å². The van der Waals surface area contributed by atoms with E-state index in [1.807, 2.05) is 20.8 Å². The molecule has 1 unspecified atom stereocenters. The summed E-state index contributed by atoms with van der Waals surface area (Å²) in [6.45, 7) is 6.12. The van der Waals surface area contributed by atoms with Crippen LogP contribution in [0.5, 0.6) is 0 Å². The minimum absolute atomic E-state index is 0.00606. The molecule has 0 radical (unpaired) electrons. The monoisotopic (exact) mass is 280 g/mol. The number of rotatable bonds is 6. The molecule has 0 aliphatic heterocycles. The summed E-state index contributed by atoms with van der Waals surface area (Å²) in [5, 5.41) is 22.7. The number of nitrogens with zero attached hydrogens (tertiary/aromatic N) is 1. The van der Waals surface area contributed by atoms with E-state index in [-0.39, 0.29) is 23.6 Å². The number of non-ortho nitro benzene ring substituents is 1. The average molecular weight is 280 g/mol. The van der Waals surface area contributed by atoms with Gasteiger partial charge < -0.3 is 10.4 Å². The lowest BCUT2D eigenvalue weighted by atomic mass is 9.87. The highest BCUT2D eigenvalue weighted by atomic mass is 16.6. The van der Waals surface area contributed by atoms with Gasteiger partial charge in [0, 0.05) is 23.9 Å². The van der Waals surface area contributed by atoms with Crippen molar-refractivity contribution in [3.05, 3.63) is 34.4 Å². The van der Waals surface area contributed by atoms with Crippen molar-refractivity contribution in [3.63, 3.8) is 0 Å². The summed E-state index contributed by atoms with van der Waals surface area (Å²) in [5.41, 5.74) is 0.695. The molecule has 0 saturated carbocycles. The van der Waals surface area contributed by atoms with Crippen LogP contribution in [-0.4, -0.2) is 22.0 Å². The third kappa shape index (κ3) is 5.69. The summed E-state index contributed by atoms with van der Waals surface area (Å²) in [6, 6.07) is 5.77. The van der Waals surface area contributed by atoms with E-state index in [0.29, 0.717) is 12.1 Å². The van der Waals surface area contributed by atoms with Crippen LogP contribution in [0, 0.1) is 15.5 Å². The molecule has 0 aliphatic carbocycles. The Hall–Kier alpha value is -2.11. The molecular weight excluding hydrogens is 260 g/mol. The topological polar surface area (TPSA) is 92.5 Å². The number of aliphatic carboxylic acids is 1. The van der Waals surface area contributed by atoms with Crippen molar-refractivity contribution < 1.29 is 14.8 Å². The minimum atomic E-state index is -0.867. The molecule has 0 aromatic heterocycles. The van der Waals surface area contributed by atoms with Crippen molar-refractivity contribution in [3.8, 4) is 0 Å². The summed E-state index contributed by atoms with van der Waals surface area (Å²) >= 11 is 0. The number of nitro groups is 1. The maximum Gasteiger partial charge on any atom is 0.305 e. The maximum absolute atomic E-state index is 10.9. The number of nitro benzene ring substituents is 1. The number of hydrogen-bond donors (Lipinski definition) is 2.